The molecule has 0 aliphatic rings. The van der Waals surface area contributed by atoms with Crippen LogP contribution in [0.1, 0.15) is 17.0 Å². The summed E-state index contributed by atoms with van der Waals surface area (Å²) in [6.45, 7) is 2.03. The largest absolute Gasteiger partial charge is 0.378 e. The summed E-state index contributed by atoms with van der Waals surface area (Å²) in [4.78, 5) is 9.77. The molecule has 4 heteroatoms. The molecule has 0 spiro atoms. The average molecular weight is 328 g/mol. The van der Waals surface area contributed by atoms with Crippen molar-refractivity contribution in [1.82, 2.24) is 9.97 Å². The molecule has 1 heterocycles. The second-order valence-corrected chi connectivity index (χ2v) is 6.14. The van der Waals surface area contributed by atoms with E-state index in [0.717, 1.165) is 27.8 Å². The second-order valence-electron chi connectivity index (χ2n) is 6.14. The molecule has 0 atom stereocenters. The highest BCUT2D eigenvalue weighted by Gasteiger charge is 2.06. The molecular weight excluding hydrogens is 308 g/mol. The molecule has 1 aromatic heterocycles. The number of allylic oxidation sites excluding steroid dienone is 3. The minimum atomic E-state index is 0.509. The Hall–Kier alpha value is -3.32. The normalized spacial score (nSPS) is 11.8. The molecule has 0 saturated carbocycles. The van der Waals surface area contributed by atoms with Crippen molar-refractivity contribution in [2.24, 2.45) is 0 Å². The predicted molar refractivity (Wildman–Crippen MR) is 104 cm³/mol. The number of rotatable bonds is 4. The Morgan fingerprint density at radius 1 is 1.16 bits per heavy atom. The van der Waals surface area contributed by atoms with Gasteiger partial charge in [0.05, 0.1) is 16.6 Å². The lowest BCUT2D eigenvalue weighted by Gasteiger charge is -2.11. The first kappa shape index (κ1) is 16.5. The summed E-state index contributed by atoms with van der Waals surface area (Å²) in [5.74, 6) is 0.593. The fourth-order valence-electron chi connectivity index (χ4n) is 2.56. The molecule has 25 heavy (non-hydrogen) atoms. The molecule has 0 saturated heterocycles. The second kappa shape index (κ2) is 7.06. The predicted octanol–water partition coefficient (Wildman–Crippen LogP) is 4.56. The third-order valence-corrected chi connectivity index (χ3v) is 3.97. The maximum atomic E-state index is 9.44. The standard InChI is InChI=1S/C21H20N4/c1-15-7-12-19-20(13-15)24-21(23-19)17(14-22)6-4-5-16-8-10-18(11-9-16)25(2)3/h4-13H,1-3H3,(H,23,24). The summed E-state index contributed by atoms with van der Waals surface area (Å²) in [5, 5.41) is 9.44. The van der Waals surface area contributed by atoms with Crippen LogP contribution in [0.3, 0.4) is 0 Å². The molecule has 1 N–H and O–H groups in total. The lowest BCUT2D eigenvalue weighted by Crippen LogP contribution is -2.07. The Kier molecular flexibility index (Phi) is 4.67. The minimum Gasteiger partial charge on any atom is -0.378 e. The smallest absolute Gasteiger partial charge is 0.149 e. The number of nitriles is 1. The molecule has 0 amide bonds. The van der Waals surface area contributed by atoms with Gasteiger partial charge >= 0.3 is 0 Å². The summed E-state index contributed by atoms with van der Waals surface area (Å²) < 4.78 is 0. The Labute approximate surface area is 147 Å². The van der Waals surface area contributed by atoms with Gasteiger partial charge in [-0.05, 0) is 48.4 Å². The number of aromatic amines is 1. The zero-order chi connectivity index (χ0) is 17.8. The molecule has 0 radical (unpaired) electrons. The average Bonchev–Trinajstić information content (AvgIpc) is 3.02. The molecule has 0 unspecified atom stereocenters. The summed E-state index contributed by atoms with van der Waals surface area (Å²) in [6.07, 6.45) is 5.63. The van der Waals surface area contributed by atoms with E-state index in [4.69, 9.17) is 0 Å². The molecule has 3 aromatic rings. The van der Waals surface area contributed by atoms with Crippen molar-refractivity contribution in [3.05, 3.63) is 71.6 Å². The van der Waals surface area contributed by atoms with Crippen molar-refractivity contribution < 1.29 is 0 Å². The Morgan fingerprint density at radius 3 is 2.60 bits per heavy atom. The number of hydrogen-bond acceptors (Lipinski definition) is 3. The fourth-order valence-corrected chi connectivity index (χ4v) is 2.56. The number of benzene rings is 2. The quantitative estimate of drug-likeness (QED) is 0.564. The monoisotopic (exact) mass is 328 g/mol. The first-order valence-electron chi connectivity index (χ1n) is 8.09. The van der Waals surface area contributed by atoms with Crippen molar-refractivity contribution in [3.8, 4) is 6.07 Å². The molecular formula is C21H20N4. The summed E-state index contributed by atoms with van der Waals surface area (Å²) in [6, 6.07) is 16.5. The van der Waals surface area contributed by atoms with Crippen molar-refractivity contribution >= 4 is 28.4 Å². The van der Waals surface area contributed by atoms with E-state index < -0.39 is 0 Å². The van der Waals surface area contributed by atoms with Crippen molar-refractivity contribution in [1.29, 1.82) is 5.26 Å². The van der Waals surface area contributed by atoms with Gasteiger partial charge in [0.2, 0.25) is 0 Å². The lowest BCUT2D eigenvalue weighted by atomic mass is 10.1. The number of nitrogens with zero attached hydrogens (tertiary/aromatic N) is 3. The van der Waals surface area contributed by atoms with E-state index in [-0.39, 0.29) is 0 Å². The number of imidazole rings is 1. The van der Waals surface area contributed by atoms with Crippen LogP contribution in [0, 0.1) is 18.3 Å². The highest BCUT2D eigenvalue weighted by Crippen LogP contribution is 2.18. The molecule has 0 fully saturated rings. The molecule has 0 aliphatic carbocycles. The van der Waals surface area contributed by atoms with Crippen molar-refractivity contribution in [2.75, 3.05) is 19.0 Å². The summed E-state index contributed by atoms with van der Waals surface area (Å²) in [5.41, 5.74) is 5.72. The van der Waals surface area contributed by atoms with Gasteiger partial charge in [-0.2, -0.15) is 5.26 Å². The van der Waals surface area contributed by atoms with Gasteiger partial charge in [-0.3, -0.25) is 0 Å². The van der Waals surface area contributed by atoms with Crippen LogP contribution in [0.5, 0.6) is 0 Å². The first-order chi connectivity index (χ1) is 12.1. The third kappa shape index (κ3) is 3.78. The van der Waals surface area contributed by atoms with Crippen molar-refractivity contribution in [3.63, 3.8) is 0 Å². The topological polar surface area (TPSA) is 55.7 Å². The van der Waals surface area contributed by atoms with Gasteiger partial charge < -0.3 is 9.88 Å². The number of hydrogen-bond donors (Lipinski definition) is 1. The SMILES string of the molecule is Cc1ccc2nc(C(C#N)=CC=Cc3ccc(N(C)C)cc3)[nH]c2c1. The summed E-state index contributed by atoms with van der Waals surface area (Å²) >= 11 is 0. The van der Waals surface area contributed by atoms with Gasteiger partial charge in [0.25, 0.3) is 0 Å². The van der Waals surface area contributed by atoms with Crippen LogP contribution in [0.25, 0.3) is 22.7 Å². The van der Waals surface area contributed by atoms with Crippen LogP contribution in [0.2, 0.25) is 0 Å². The van der Waals surface area contributed by atoms with E-state index >= 15 is 0 Å². The molecule has 0 bridgehead atoms. The van der Waals surface area contributed by atoms with Crippen LogP contribution in [-0.4, -0.2) is 24.1 Å². The third-order valence-electron chi connectivity index (χ3n) is 3.97. The van der Waals surface area contributed by atoms with Crippen LogP contribution < -0.4 is 4.90 Å². The highest BCUT2D eigenvalue weighted by molar-refractivity contribution is 5.83. The van der Waals surface area contributed by atoms with Gasteiger partial charge in [-0.25, -0.2) is 4.98 Å². The number of anilines is 1. The number of aromatic nitrogens is 2. The van der Waals surface area contributed by atoms with E-state index in [9.17, 15) is 5.26 Å². The summed E-state index contributed by atoms with van der Waals surface area (Å²) in [7, 11) is 4.03. The van der Waals surface area contributed by atoms with Crippen LogP contribution in [-0.2, 0) is 0 Å². The zero-order valence-electron chi connectivity index (χ0n) is 14.6. The maximum Gasteiger partial charge on any atom is 0.149 e. The Balaban J connectivity index is 1.83. The number of H-pyrrole nitrogens is 1. The van der Waals surface area contributed by atoms with Gasteiger partial charge in [-0.15, -0.1) is 0 Å². The van der Waals surface area contributed by atoms with Gasteiger partial charge in [-0.1, -0.05) is 30.4 Å². The van der Waals surface area contributed by atoms with E-state index in [2.05, 4.69) is 45.2 Å². The van der Waals surface area contributed by atoms with E-state index in [1.54, 1.807) is 6.08 Å². The van der Waals surface area contributed by atoms with E-state index in [1.165, 1.54) is 0 Å². The van der Waals surface area contributed by atoms with Crippen LogP contribution in [0.4, 0.5) is 5.69 Å². The van der Waals surface area contributed by atoms with Crippen LogP contribution >= 0.6 is 0 Å². The highest BCUT2D eigenvalue weighted by atomic mass is 15.1. The van der Waals surface area contributed by atoms with Crippen LogP contribution in [0.15, 0.2) is 54.6 Å². The maximum absolute atomic E-state index is 9.44. The molecule has 4 nitrogen and oxygen atoms in total. The molecule has 124 valence electrons. The van der Waals surface area contributed by atoms with Gasteiger partial charge in [0, 0.05) is 19.8 Å². The van der Waals surface area contributed by atoms with E-state index in [1.807, 2.05) is 51.4 Å². The number of nitrogens with one attached hydrogen (secondary N) is 1. The van der Waals surface area contributed by atoms with Gasteiger partial charge in [0.15, 0.2) is 0 Å². The van der Waals surface area contributed by atoms with Crippen molar-refractivity contribution in [2.45, 2.75) is 6.92 Å². The molecule has 2 aromatic carbocycles. The molecule has 3 rings (SSSR count). The number of fused-ring (bicyclic) bond motifs is 1. The lowest BCUT2D eigenvalue weighted by molar-refractivity contribution is 1.13. The number of aryl methyl sites for hydroxylation is 1. The molecule has 0 aliphatic heterocycles. The Bertz CT molecular complexity index is 983. The minimum absolute atomic E-state index is 0.509. The van der Waals surface area contributed by atoms with E-state index in [0.29, 0.717) is 11.4 Å². The zero-order valence-corrected chi connectivity index (χ0v) is 14.6. The van der Waals surface area contributed by atoms with Gasteiger partial charge in [0.1, 0.15) is 11.9 Å². The Morgan fingerprint density at radius 2 is 1.92 bits per heavy atom. The fraction of sp³-hybridized carbons (Fsp3) is 0.143. The first-order valence-corrected chi connectivity index (χ1v) is 8.09.